The monoisotopic (exact) mass is 359 g/mol. The molecule has 1 amide bonds. The molecular formula is C20H19F2NO3. The standard InChI is InChI=1S/C20H19F2NO3/c1-20(2,26)19(25)23-11-12(15-10-13(21)7-8-16(15)22)9-17(23)14-5-3-4-6-18(14)24/h3-10,17,24,26H,11H2,1-2H3/t17-/m0/s1. The summed E-state index contributed by atoms with van der Waals surface area (Å²) < 4.78 is 27.8. The van der Waals surface area contributed by atoms with E-state index in [1.807, 2.05) is 0 Å². The molecule has 136 valence electrons. The number of rotatable bonds is 3. The summed E-state index contributed by atoms with van der Waals surface area (Å²) in [5.41, 5.74) is -0.742. The van der Waals surface area contributed by atoms with E-state index in [2.05, 4.69) is 0 Å². The average Bonchev–Trinajstić information content (AvgIpc) is 3.00. The van der Waals surface area contributed by atoms with Crippen molar-refractivity contribution in [1.29, 1.82) is 0 Å². The predicted molar refractivity (Wildman–Crippen MR) is 93.2 cm³/mol. The normalized spacial score (nSPS) is 17.3. The summed E-state index contributed by atoms with van der Waals surface area (Å²) in [5, 5.41) is 20.3. The summed E-state index contributed by atoms with van der Waals surface area (Å²) >= 11 is 0. The van der Waals surface area contributed by atoms with Crippen LogP contribution in [0.3, 0.4) is 0 Å². The van der Waals surface area contributed by atoms with Gasteiger partial charge in [-0.25, -0.2) is 8.78 Å². The molecular weight excluding hydrogens is 340 g/mol. The zero-order chi connectivity index (χ0) is 19.1. The van der Waals surface area contributed by atoms with Crippen molar-refractivity contribution in [2.75, 3.05) is 6.54 Å². The quantitative estimate of drug-likeness (QED) is 0.883. The second kappa shape index (κ2) is 6.53. The first-order chi connectivity index (χ1) is 12.2. The van der Waals surface area contributed by atoms with Crippen molar-refractivity contribution in [2.24, 2.45) is 0 Å². The van der Waals surface area contributed by atoms with Gasteiger partial charge in [-0.2, -0.15) is 0 Å². The molecule has 1 aliphatic heterocycles. The summed E-state index contributed by atoms with van der Waals surface area (Å²) in [7, 11) is 0. The summed E-state index contributed by atoms with van der Waals surface area (Å²) in [6.07, 6.45) is 1.61. The number of hydrogen-bond acceptors (Lipinski definition) is 3. The van der Waals surface area contributed by atoms with Crippen LogP contribution in [0, 0.1) is 11.6 Å². The fourth-order valence-corrected chi connectivity index (χ4v) is 3.08. The summed E-state index contributed by atoms with van der Waals surface area (Å²) in [6.45, 7) is 2.71. The zero-order valence-electron chi connectivity index (χ0n) is 14.4. The van der Waals surface area contributed by atoms with Crippen LogP contribution in [0.1, 0.15) is 31.0 Å². The minimum Gasteiger partial charge on any atom is -0.508 e. The van der Waals surface area contributed by atoms with Crippen LogP contribution >= 0.6 is 0 Å². The molecule has 1 heterocycles. The lowest BCUT2D eigenvalue weighted by Crippen LogP contribution is -2.45. The van der Waals surface area contributed by atoms with Crippen molar-refractivity contribution in [3.63, 3.8) is 0 Å². The third kappa shape index (κ3) is 3.32. The molecule has 3 rings (SSSR count). The number of phenols is 1. The number of carbonyl (C=O) groups is 1. The van der Waals surface area contributed by atoms with Crippen molar-refractivity contribution in [2.45, 2.75) is 25.5 Å². The Bertz CT molecular complexity index is 887. The first kappa shape index (κ1) is 18.1. The Balaban J connectivity index is 2.09. The van der Waals surface area contributed by atoms with Gasteiger partial charge in [0, 0.05) is 17.7 Å². The van der Waals surface area contributed by atoms with Gasteiger partial charge in [0.25, 0.3) is 5.91 Å². The SMILES string of the molecule is CC(C)(O)C(=O)N1CC(c2cc(F)ccc2F)=C[C@H]1c1ccccc1O. The smallest absolute Gasteiger partial charge is 0.255 e. The average molecular weight is 359 g/mol. The minimum atomic E-state index is -1.65. The number of para-hydroxylation sites is 1. The number of amides is 1. The molecule has 0 unspecified atom stereocenters. The Morgan fingerprint density at radius 1 is 1.19 bits per heavy atom. The molecule has 6 heteroatoms. The van der Waals surface area contributed by atoms with Gasteiger partial charge in [0.05, 0.1) is 6.04 Å². The van der Waals surface area contributed by atoms with Gasteiger partial charge in [-0.1, -0.05) is 24.3 Å². The number of halogens is 2. The molecule has 0 bridgehead atoms. The molecule has 2 N–H and O–H groups in total. The fraction of sp³-hybridized carbons (Fsp3) is 0.250. The third-order valence-electron chi connectivity index (χ3n) is 4.35. The van der Waals surface area contributed by atoms with Gasteiger partial charge in [-0.05, 0) is 43.7 Å². The second-order valence-electron chi connectivity index (χ2n) is 6.81. The van der Waals surface area contributed by atoms with E-state index >= 15 is 0 Å². The highest BCUT2D eigenvalue weighted by molar-refractivity contribution is 5.88. The molecule has 1 atom stereocenters. The molecule has 0 saturated heterocycles. The van der Waals surface area contributed by atoms with Gasteiger partial charge in [0.15, 0.2) is 0 Å². The maximum absolute atomic E-state index is 14.2. The van der Waals surface area contributed by atoms with Gasteiger partial charge in [0.1, 0.15) is 23.0 Å². The van der Waals surface area contributed by atoms with Gasteiger partial charge < -0.3 is 15.1 Å². The maximum atomic E-state index is 14.2. The van der Waals surface area contributed by atoms with Crippen LogP contribution in [-0.4, -0.2) is 33.2 Å². The van der Waals surface area contributed by atoms with Gasteiger partial charge in [-0.15, -0.1) is 0 Å². The lowest BCUT2D eigenvalue weighted by atomic mass is 10.0. The molecule has 0 fully saturated rings. The molecule has 0 radical (unpaired) electrons. The number of nitrogens with zero attached hydrogens (tertiary/aromatic N) is 1. The van der Waals surface area contributed by atoms with E-state index in [9.17, 15) is 23.8 Å². The zero-order valence-corrected chi connectivity index (χ0v) is 14.4. The van der Waals surface area contributed by atoms with E-state index in [1.165, 1.54) is 24.8 Å². The predicted octanol–water partition coefficient (Wildman–Crippen LogP) is 3.41. The summed E-state index contributed by atoms with van der Waals surface area (Å²) in [5.74, 6) is -1.79. The highest BCUT2D eigenvalue weighted by Gasteiger charge is 2.38. The van der Waals surface area contributed by atoms with Crippen LogP contribution in [0.4, 0.5) is 8.78 Å². The van der Waals surface area contributed by atoms with Crippen LogP contribution in [-0.2, 0) is 4.79 Å². The Morgan fingerprint density at radius 3 is 2.54 bits per heavy atom. The number of aliphatic hydroxyl groups is 1. The fourth-order valence-electron chi connectivity index (χ4n) is 3.08. The highest BCUT2D eigenvalue weighted by Crippen LogP contribution is 2.39. The summed E-state index contributed by atoms with van der Waals surface area (Å²) in [4.78, 5) is 14.0. The van der Waals surface area contributed by atoms with E-state index in [0.717, 1.165) is 18.2 Å². The molecule has 0 aliphatic carbocycles. The highest BCUT2D eigenvalue weighted by atomic mass is 19.1. The van der Waals surface area contributed by atoms with Crippen molar-refractivity contribution < 1.29 is 23.8 Å². The van der Waals surface area contributed by atoms with E-state index in [4.69, 9.17) is 0 Å². The number of hydrogen-bond donors (Lipinski definition) is 2. The molecule has 0 saturated carbocycles. The van der Waals surface area contributed by atoms with Crippen molar-refractivity contribution in [3.8, 4) is 5.75 Å². The summed E-state index contributed by atoms with van der Waals surface area (Å²) in [6, 6.07) is 8.90. The van der Waals surface area contributed by atoms with Crippen LogP contribution in [0.15, 0.2) is 48.5 Å². The van der Waals surface area contributed by atoms with E-state index in [0.29, 0.717) is 11.1 Å². The number of benzene rings is 2. The molecule has 0 aromatic heterocycles. The molecule has 4 nitrogen and oxygen atoms in total. The van der Waals surface area contributed by atoms with Crippen molar-refractivity contribution in [1.82, 2.24) is 4.90 Å². The van der Waals surface area contributed by atoms with Crippen molar-refractivity contribution in [3.05, 3.63) is 71.3 Å². The maximum Gasteiger partial charge on any atom is 0.255 e. The molecule has 0 spiro atoms. The largest absolute Gasteiger partial charge is 0.508 e. The lowest BCUT2D eigenvalue weighted by molar-refractivity contribution is -0.148. The van der Waals surface area contributed by atoms with Crippen LogP contribution in [0.5, 0.6) is 5.75 Å². The number of carbonyl (C=O) groups excluding carboxylic acids is 1. The number of aromatic hydroxyl groups is 1. The Hall–Kier alpha value is -2.73. The Labute approximate surface area is 150 Å². The van der Waals surface area contributed by atoms with Crippen LogP contribution in [0.25, 0.3) is 5.57 Å². The van der Waals surface area contributed by atoms with E-state index in [-0.39, 0.29) is 17.9 Å². The second-order valence-corrected chi connectivity index (χ2v) is 6.81. The Kier molecular flexibility index (Phi) is 4.54. The lowest BCUT2D eigenvalue weighted by Gasteiger charge is -2.30. The van der Waals surface area contributed by atoms with Gasteiger partial charge >= 0.3 is 0 Å². The van der Waals surface area contributed by atoms with Gasteiger partial charge in [0.2, 0.25) is 0 Å². The molecule has 2 aromatic carbocycles. The first-order valence-electron chi connectivity index (χ1n) is 8.16. The van der Waals surface area contributed by atoms with Crippen LogP contribution in [0.2, 0.25) is 0 Å². The topological polar surface area (TPSA) is 60.8 Å². The van der Waals surface area contributed by atoms with Gasteiger partial charge in [-0.3, -0.25) is 4.79 Å². The molecule has 2 aromatic rings. The molecule has 26 heavy (non-hydrogen) atoms. The Morgan fingerprint density at radius 2 is 1.88 bits per heavy atom. The minimum absolute atomic E-state index is 0.0117. The van der Waals surface area contributed by atoms with Crippen LogP contribution < -0.4 is 0 Å². The molecule has 1 aliphatic rings. The first-order valence-corrected chi connectivity index (χ1v) is 8.16. The van der Waals surface area contributed by atoms with Crippen molar-refractivity contribution >= 4 is 11.5 Å². The number of phenolic OH excluding ortho intramolecular Hbond substituents is 1. The van der Waals surface area contributed by atoms with E-state index < -0.39 is 29.2 Å². The third-order valence-corrected chi connectivity index (χ3v) is 4.35. The van der Waals surface area contributed by atoms with E-state index in [1.54, 1.807) is 24.3 Å².